The van der Waals surface area contributed by atoms with E-state index in [-0.39, 0.29) is 19.0 Å². The van der Waals surface area contributed by atoms with E-state index in [2.05, 4.69) is 9.28 Å². The molecule has 0 radical (unpaired) electrons. The zero-order valence-electron chi connectivity index (χ0n) is 9.13. The molecule has 0 amide bonds. The molecule has 1 heterocycles. The molecule has 17 heavy (non-hydrogen) atoms. The van der Waals surface area contributed by atoms with E-state index in [1.54, 1.807) is 12.3 Å². The summed E-state index contributed by atoms with van der Waals surface area (Å²) < 4.78 is 40.7. The van der Waals surface area contributed by atoms with Gasteiger partial charge in [0.1, 0.15) is 5.82 Å². The number of fused-ring (bicyclic) bond motifs is 1. The van der Waals surface area contributed by atoms with Crippen LogP contribution in [-0.4, -0.2) is 31.1 Å². The molecule has 0 bridgehead atoms. The molecule has 0 N–H and O–H groups in total. The summed E-state index contributed by atoms with van der Waals surface area (Å²) in [4.78, 5) is 0. The Hall–Kier alpha value is -1.47. The molecule has 7 heteroatoms. The number of hydrogen-bond donors (Lipinski definition) is 0. The van der Waals surface area contributed by atoms with Gasteiger partial charge in [0.05, 0.1) is 31.1 Å². The van der Waals surface area contributed by atoms with Crippen LogP contribution in [0.25, 0.3) is 10.9 Å². The highest BCUT2D eigenvalue weighted by Gasteiger charge is 2.06. The lowest BCUT2D eigenvalue weighted by molar-refractivity contribution is 0.299. The van der Waals surface area contributed by atoms with E-state index < -0.39 is 10.1 Å². The monoisotopic (exact) mass is 258 g/mol. The molecule has 1 aromatic heterocycles. The topological polar surface area (TPSA) is 61.2 Å². The van der Waals surface area contributed by atoms with Crippen LogP contribution < -0.4 is 0 Å². The Kier molecular flexibility index (Phi) is 3.12. The first-order chi connectivity index (χ1) is 7.96. The average molecular weight is 258 g/mol. The van der Waals surface area contributed by atoms with E-state index in [1.807, 2.05) is 0 Å². The van der Waals surface area contributed by atoms with Gasteiger partial charge in [-0.3, -0.25) is 8.86 Å². The fourth-order valence-corrected chi connectivity index (χ4v) is 1.87. The largest absolute Gasteiger partial charge is 0.268 e. The molecule has 0 saturated carbocycles. The first-order valence-electron chi connectivity index (χ1n) is 4.91. The molecule has 1 aromatic carbocycles. The van der Waals surface area contributed by atoms with Crippen LogP contribution in [0.1, 0.15) is 0 Å². The van der Waals surface area contributed by atoms with Crippen molar-refractivity contribution in [2.75, 3.05) is 12.9 Å². The molecule has 0 saturated heterocycles. The fraction of sp³-hybridized carbons (Fsp3) is 0.300. The van der Waals surface area contributed by atoms with Gasteiger partial charge in [0.15, 0.2) is 0 Å². The lowest BCUT2D eigenvalue weighted by Gasteiger charge is -2.03. The summed E-state index contributed by atoms with van der Waals surface area (Å²) >= 11 is 0. The van der Waals surface area contributed by atoms with E-state index in [9.17, 15) is 12.8 Å². The molecule has 0 aliphatic rings. The van der Waals surface area contributed by atoms with Crippen LogP contribution in [-0.2, 0) is 20.8 Å². The normalized spacial score (nSPS) is 12.1. The maximum Gasteiger partial charge on any atom is 0.264 e. The molecule has 2 rings (SSSR count). The minimum absolute atomic E-state index is 0.0217. The molecule has 0 fully saturated rings. The van der Waals surface area contributed by atoms with Crippen molar-refractivity contribution in [2.45, 2.75) is 6.54 Å². The number of rotatable bonds is 4. The number of aromatic nitrogens is 2. The van der Waals surface area contributed by atoms with Crippen LogP contribution in [0, 0.1) is 5.82 Å². The molecule has 0 spiro atoms. The predicted octanol–water partition coefficient (Wildman–Crippen LogP) is 1.15. The lowest BCUT2D eigenvalue weighted by atomic mass is 10.2. The van der Waals surface area contributed by atoms with Gasteiger partial charge in [0.25, 0.3) is 10.1 Å². The van der Waals surface area contributed by atoms with E-state index in [0.29, 0.717) is 5.52 Å². The molecule has 5 nitrogen and oxygen atoms in total. The summed E-state index contributed by atoms with van der Waals surface area (Å²) in [6, 6.07) is 4.32. The molecule has 0 atom stereocenters. The summed E-state index contributed by atoms with van der Waals surface area (Å²) in [7, 11) is -3.45. The van der Waals surface area contributed by atoms with Crippen molar-refractivity contribution >= 4 is 21.0 Å². The van der Waals surface area contributed by atoms with E-state index in [0.717, 1.165) is 11.6 Å². The maximum absolute atomic E-state index is 13.0. The van der Waals surface area contributed by atoms with Crippen LogP contribution in [0.5, 0.6) is 0 Å². The van der Waals surface area contributed by atoms with Gasteiger partial charge in [0.2, 0.25) is 0 Å². The molecule has 2 aromatic rings. The SMILES string of the molecule is CS(=O)(=O)OCCn1ncc2ccc(F)cc21. The summed E-state index contributed by atoms with van der Waals surface area (Å²) in [5, 5.41) is 4.83. The van der Waals surface area contributed by atoms with Crippen molar-refractivity contribution in [3.05, 3.63) is 30.2 Å². The quantitative estimate of drug-likeness (QED) is 0.772. The van der Waals surface area contributed by atoms with Crippen LogP contribution in [0.3, 0.4) is 0 Å². The molecular formula is C10H11FN2O3S. The Balaban J connectivity index is 2.16. The minimum Gasteiger partial charge on any atom is -0.268 e. The molecule has 0 aliphatic heterocycles. The first kappa shape index (κ1) is 12.0. The molecule has 0 unspecified atom stereocenters. The molecule has 92 valence electrons. The Bertz CT molecular complexity index is 636. The minimum atomic E-state index is -3.45. The van der Waals surface area contributed by atoms with Crippen LogP contribution in [0.4, 0.5) is 4.39 Å². The van der Waals surface area contributed by atoms with Crippen molar-refractivity contribution in [2.24, 2.45) is 0 Å². The van der Waals surface area contributed by atoms with Gasteiger partial charge in [-0.15, -0.1) is 0 Å². The van der Waals surface area contributed by atoms with Crippen molar-refractivity contribution in [1.82, 2.24) is 9.78 Å². The van der Waals surface area contributed by atoms with Crippen molar-refractivity contribution in [1.29, 1.82) is 0 Å². The second-order valence-electron chi connectivity index (χ2n) is 3.60. The second kappa shape index (κ2) is 4.42. The Labute approximate surface area is 97.9 Å². The van der Waals surface area contributed by atoms with Crippen molar-refractivity contribution in [3.8, 4) is 0 Å². The number of nitrogens with zero attached hydrogens (tertiary/aromatic N) is 2. The highest BCUT2D eigenvalue weighted by atomic mass is 32.2. The summed E-state index contributed by atoms with van der Waals surface area (Å²) in [6.45, 7) is 0.228. The highest BCUT2D eigenvalue weighted by Crippen LogP contribution is 2.14. The van der Waals surface area contributed by atoms with Gasteiger partial charge < -0.3 is 0 Å². The van der Waals surface area contributed by atoms with Gasteiger partial charge in [-0.25, -0.2) is 4.39 Å². The highest BCUT2D eigenvalue weighted by molar-refractivity contribution is 7.85. The summed E-state index contributed by atoms with van der Waals surface area (Å²) in [6.07, 6.45) is 2.57. The third-order valence-electron chi connectivity index (χ3n) is 2.21. The maximum atomic E-state index is 13.0. The zero-order chi connectivity index (χ0) is 12.5. The van der Waals surface area contributed by atoms with Gasteiger partial charge in [0, 0.05) is 5.39 Å². The number of benzene rings is 1. The third kappa shape index (κ3) is 3.01. The van der Waals surface area contributed by atoms with Gasteiger partial charge in [-0.05, 0) is 18.2 Å². The lowest BCUT2D eigenvalue weighted by Crippen LogP contribution is -2.11. The molecule has 0 aliphatic carbocycles. The Morgan fingerprint density at radius 3 is 2.94 bits per heavy atom. The molecular weight excluding hydrogens is 247 g/mol. The standard InChI is InChI=1S/C10H11FN2O3S/c1-17(14,15)16-5-4-13-10-6-9(11)3-2-8(10)7-12-13/h2-3,6-7H,4-5H2,1H3. The van der Waals surface area contributed by atoms with Gasteiger partial charge in [-0.2, -0.15) is 13.5 Å². The van der Waals surface area contributed by atoms with Gasteiger partial charge >= 0.3 is 0 Å². The van der Waals surface area contributed by atoms with E-state index in [1.165, 1.54) is 16.8 Å². The van der Waals surface area contributed by atoms with Crippen LogP contribution in [0.2, 0.25) is 0 Å². The Morgan fingerprint density at radius 2 is 2.24 bits per heavy atom. The van der Waals surface area contributed by atoms with Crippen LogP contribution >= 0.6 is 0 Å². The second-order valence-corrected chi connectivity index (χ2v) is 5.24. The Morgan fingerprint density at radius 1 is 1.47 bits per heavy atom. The van der Waals surface area contributed by atoms with Gasteiger partial charge in [-0.1, -0.05) is 0 Å². The zero-order valence-corrected chi connectivity index (χ0v) is 9.95. The smallest absolute Gasteiger partial charge is 0.264 e. The van der Waals surface area contributed by atoms with Crippen molar-refractivity contribution < 1.29 is 17.0 Å². The van der Waals surface area contributed by atoms with E-state index >= 15 is 0 Å². The van der Waals surface area contributed by atoms with E-state index in [4.69, 9.17) is 0 Å². The van der Waals surface area contributed by atoms with Crippen molar-refractivity contribution in [3.63, 3.8) is 0 Å². The first-order valence-corrected chi connectivity index (χ1v) is 6.73. The number of hydrogen-bond acceptors (Lipinski definition) is 4. The van der Waals surface area contributed by atoms with Crippen LogP contribution in [0.15, 0.2) is 24.4 Å². The summed E-state index contributed by atoms with van der Waals surface area (Å²) in [5.74, 6) is -0.358. The fourth-order valence-electron chi connectivity index (χ4n) is 1.50. The summed E-state index contributed by atoms with van der Waals surface area (Å²) in [5.41, 5.74) is 0.613. The predicted molar refractivity (Wildman–Crippen MR) is 60.5 cm³/mol. The number of halogens is 1. The average Bonchev–Trinajstić information content (AvgIpc) is 2.59. The third-order valence-corrected chi connectivity index (χ3v) is 2.80.